The van der Waals surface area contributed by atoms with E-state index < -0.39 is 9.84 Å². The lowest BCUT2D eigenvalue weighted by Crippen LogP contribution is -2.37. The van der Waals surface area contributed by atoms with Gasteiger partial charge in [0.25, 0.3) is 0 Å². The average Bonchev–Trinajstić information content (AvgIpc) is 2.36. The highest BCUT2D eigenvalue weighted by molar-refractivity contribution is 7.91. The molecule has 1 N–H and O–H groups in total. The van der Waals surface area contributed by atoms with Gasteiger partial charge in [-0.05, 0) is 38.1 Å². The maximum absolute atomic E-state index is 11.5. The Labute approximate surface area is 113 Å². The predicted octanol–water partition coefficient (Wildman–Crippen LogP) is 2.62. The summed E-state index contributed by atoms with van der Waals surface area (Å²) in [4.78, 5) is 0. The molecule has 3 nitrogen and oxygen atoms in total. The summed E-state index contributed by atoms with van der Waals surface area (Å²) in [5.74, 6) is 2.20. The summed E-state index contributed by atoms with van der Waals surface area (Å²) < 4.78 is 23.0. The lowest BCUT2D eigenvalue weighted by atomic mass is 9.81. The molecule has 4 heteroatoms. The second kappa shape index (κ2) is 7.49. The highest BCUT2D eigenvalue weighted by atomic mass is 32.2. The first-order chi connectivity index (χ1) is 8.46. The van der Waals surface area contributed by atoms with E-state index in [1.165, 1.54) is 32.1 Å². The fraction of sp³-hybridized carbons (Fsp3) is 1.00. The normalized spacial score (nSPS) is 27.1. The van der Waals surface area contributed by atoms with Gasteiger partial charge in [0.1, 0.15) is 0 Å². The summed E-state index contributed by atoms with van der Waals surface area (Å²) in [7, 11) is -2.85. The van der Waals surface area contributed by atoms with E-state index in [1.807, 2.05) is 6.92 Å². The van der Waals surface area contributed by atoms with Crippen LogP contribution in [0.3, 0.4) is 0 Å². The standard InChI is InChI=1S/C14H29NO2S/c1-4-13-6-8-14(9-7-13)10-15-12(3)11-18(16,17)5-2/h12-15H,4-11H2,1-3H3. The van der Waals surface area contributed by atoms with Crippen molar-refractivity contribution in [1.82, 2.24) is 5.32 Å². The van der Waals surface area contributed by atoms with Crippen molar-refractivity contribution >= 4 is 9.84 Å². The third kappa shape index (κ3) is 5.70. The van der Waals surface area contributed by atoms with Gasteiger partial charge in [-0.3, -0.25) is 0 Å². The van der Waals surface area contributed by atoms with Gasteiger partial charge in [0.15, 0.2) is 9.84 Å². The minimum absolute atomic E-state index is 0.0823. The Morgan fingerprint density at radius 3 is 2.17 bits per heavy atom. The van der Waals surface area contributed by atoms with E-state index in [0.29, 0.717) is 0 Å². The molecule has 0 heterocycles. The molecule has 1 rings (SSSR count). The van der Waals surface area contributed by atoms with E-state index in [2.05, 4.69) is 12.2 Å². The van der Waals surface area contributed by atoms with Gasteiger partial charge >= 0.3 is 0 Å². The molecule has 18 heavy (non-hydrogen) atoms. The van der Waals surface area contributed by atoms with Crippen LogP contribution in [0.4, 0.5) is 0 Å². The predicted molar refractivity (Wildman–Crippen MR) is 77.5 cm³/mol. The van der Waals surface area contributed by atoms with E-state index in [-0.39, 0.29) is 17.5 Å². The topological polar surface area (TPSA) is 46.2 Å². The number of rotatable bonds is 7. The zero-order chi connectivity index (χ0) is 13.6. The first kappa shape index (κ1) is 16.0. The van der Waals surface area contributed by atoms with Gasteiger partial charge < -0.3 is 5.32 Å². The minimum atomic E-state index is -2.85. The van der Waals surface area contributed by atoms with Crippen molar-refractivity contribution in [2.24, 2.45) is 11.8 Å². The molecule has 108 valence electrons. The zero-order valence-electron chi connectivity index (χ0n) is 12.1. The summed E-state index contributed by atoms with van der Waals surface area (Å²) in [6.45, 7) is 6.96. The Hall–Kier alpha value is -0.0900. The second-order valence-electron chi connectivity index (χ2n) is 5.80. The molecule has 0 aromatic rings. The third-order valence-corrected chi connectivity index (χ3v) is 6.13. The van der Waals surface area contributed by atoms with Crippen LogP contribution in [0.25, 0.3) is 0 Å². The van der Waals surface area contributed by atoms with Crippen LogP contribution in [-0.2, 0) is 9.84 Å². The summed E-state index contributed by atoms with van der Waals surface area (Å²) in [5.41, 5.74) is 0. The highest BCUT2D eigenvalue weighted by Crippen LogP contribution is 2.30. The molecular formula is C14H29NO2S. The molecular weight excluding hydrogens is 246 g/mol. The molecule has 0 spiro atoms. The van der Waals surface area contributed by atoms with Crippen molar-refractivity contribution in [3.05, 3.63) is 0 Å². The maximum Gasteiger partial charge on any atom is 0.151 e. The Balaban J connectivity index is 2.21. The fourth-order valence-corrected chi connectivity index (χ4v) is 3.88. The van der Waals surface area contributed by atoms with Crippen molar-refractivity contribution in [3.8, 4) is 0 Å². The van der Waals surface area contributed by atoms with Gasteiger partial charge in [0.05, 0.1) is 5.75 Å². The fourth-order valence-electron chi connectivity index (χ4n) is 2.77. The van der Waals surface area contributed by atoms with Crippen molar-refractivity contribution in [3.63, 3.8) is 0 Å². The molecule has 1 aliphatic carbocycles. The molecule has 0 saturated heterocycles. The maximum atomic E-state index is 11.5. The van der Waals surface area contributed by atoms with E-state index in [4.69, 9.17) is 0 Å². The monoisotopic (exact) mass is 275 g/mol. The number of nitrogens with one attached hydrogen (secondary N) is 1. The second-order valence-corrected chi connectivity index (χ2v) is 8.20. The lowest BCUT2D eigenvalue weighted by Gasteiger charge is -2.28. The van der Waals surface area contributed by atoms with Crippen LogP contribution in [0.15, 0.2) is 0 Å². The molecule has 1 atom stereocenters. The number of hydrogen-bond donors (Lipinski definition) is 1. The van der Waals surface area contributed by atoms with Crippen LogP contribution in [-0.4, -0.2) is 32.5 Å². The van der Waals surface area contributed by atoms with Crippen molar-refractivity contribution in [2.75, 3.05) is 18.1 Å². The van der Waals surface area contributed by atoms with Crippen LogP contribution < -0.4 is 5.32 Å². The van der Waals surface area contributed by atoms with E-state index in [1.54, 1.807) is 6.92 Å². The largest absolute Gasteiger partial charge is 0.313 e. The minimum Gasteiger partial charge on any atom is -0.313 e. The Kier molecular flexibility index (Phi) is 6.64. The summed E-state index contributed by atoms with van der Waals surface area (Å²) in [5, 5.41) is 3.40. The average molecular weight is 275 g/mol. The smallest absolute Gasteiger partial charge is 0.151 e. The summed E-state index contributed by atoms with van der Waals surface area (Å²) >= 11 is 0. The Morgan fingerprint density at radius 2 is 1.67 bits per heavy atom. The van der Waals surface area contributed by atoms with Gasteiger partial charge in [0, 0.05) is 11.8 Å². The summed E-state index contributed by atoms with van der Waals surface area (Å²) in [6.07, 6.45) is 6.62. The van der Waals surface area contributed by atoms with Crippen LogP contribution >= 0.6 is 0 Å². The molecule has 1 aliphatic rings. The SMILES string of the molecule is CCC1CCC(CNC(C)CS(=O)(=O)CC)CC1. The van der Waals surface area contributed by atoms with Crippen LogP contribution in [0.1, 0.15) is 52.9 Å². The molecule has 0 bridgehead atoms. The van der Waals surface area contributed by atoms with Gasteiger partial charge in [-0.15, -0.1) is 0 Å². The molecule has 1 fully saturated rings. The van der Waals surface area contributed by atoms with Gasteiger partial charge in [0.2, 0.25) is 0 Å². The third-order valence-electron chi connectivity index (χ3n) is 4.24. The van der Waals surface area contributed by atoms with E-state index in [9.17, 15) is 8.42 Å². The van der Waals surface area contributed by atoms with E-state index >= 15 is 0 Å². The van der Waals surface area contributed by atoms with Crippen LogP contribution in [0.2, 0.25) is 0 Å². The van der Waals surface area contributed by atoms with Crippen LogP contribution in [0.5, 0.6) is 0 Å². The molecule has 0 radical (unpaired) electrons. The zero-order valence-corrected chi connectivity index (χ0v) is 12.9. The van der Waals surface area contributed by atoms with E-state index in [0.717, 1.165) is 18.4 Å². The highest BCUT2D eigenvalue weighted by Gasteiger charge is 2.21. The quantitative estimate of drug-likeness (QED) is 0.777. The van der Waals surface area contributed by atoms with Gasteiger partial charge in [-0.1, -0.05) is 33.1 Å². The molecule has 0 aromatic heterocycles. The van der Waals surface area contributed by atoms with Gasteiger partial charge in [-0.25, -0.2) is 8.42 Å². The molecule has 1 saturated carbocycles. The Morgan fingerprint density at radius 1 is 1.11 bits per heavy atom. The first-order valence-corrected chi connectivity index (χ1v) is 9.22. The van der Waals surface area contributed by atoms with Crippen molar-refractivity contribution in [1.29, 1.82) is 0 Å². The van der Waals surface area contributed by atoms with Crippen molar-refractivity contribution in [2.45, 2.75) is 58.9 Å². The number of hydrogen-bond acceptors (Lipinski definition) is 3. The van der Waals surface area contributed by atoms with Crippen molar-refractivity contribution < 1.29 is 8.42 Å². The molecule has 0 amide bonds. The van der Waals surface area contributed by atoms with Gasteiger partial charge in [-0.2, -0.15) is 0 Å². The first-order valence-electron chi connectivity index (χ1n) is 7.40. The Bertz CT molecular complexity index is 319. The number of sulfone groups is 1. The van der Waals surface area contributed by atoms with Crippen LogP contribution in [0, 0.1) is 11.8 Å². The molecule has 0 aromatic carbocycles. The molecule has 1 unspecified atom stereocenters. The molecule has 0 aliphatic heterocycles. The summed E-state index contributed by atoms with van der Waals surface area (Å²) in [6, 6.07) is 0.0823. The lowest BCUT2D eigenvalue weighted by molar-refractivity contribution is 0.259.